The predicted molar refractivity (Wildman–Crippen MR) is 91.7 cm³/mol. The molecule has 0 saturated carbocycles. The first-order valence-corrected chi connectivity index (χ1v) is 7.84. The van der Waals surface area contributed by atoms with Crippen LogP contribution >= 0.6 is 0 Å². The molecule has 2 heterocycles. The summed E-state index contributed by atoms with van der Waals surface area (Å²) in [6.07, 6.45) is 0.899. The lowest BCUT2D eigenvalue weighted by Crippen LogP contribution is -2.28. The Morgan fingerprint density at radius 3 is 2.54 bits per heavy atom. The molecule has 0 radical (unpaired) electrons. The van der Waals surface area contributed by atoms with Gasteiger partial charge in [-0.15, -0.1) is 0 Å². The number of rotatable bonds is 6. The summed E-state index contributed by atoms with van der Waals surface area (Å²) in [7, 11) is 1.81. The summed E-state index contributed by atoms with van der Waals surface area (Å²) in [5.41, 5.74) is 3.10. The van der Waals surface area contributed by atoms with Gasteiger partial charge < -0.3 is 10.6 Å². The summed E-state index contributed by atoms with van der Waals surface area (Å²) < 4.78 is 38.1. The minimum atomic E-state index is -4.21. The molecule has 0 aliphatic carbocycles. The van der Waals surface area contributed by atoms with Crippen molar-refractivity contribution >= 4 is 11.6 Å². The molecule has 0 atom stereocenters. The molecule has 0 unspecified atom stereocenters. The van der Waals surface area contributed by atoms with E-state index in [0.29, 0.717) is 11.6 Å². The lowest BCUT2D eigenvalue weighted by molar-refractivity contribution is -0.125. The van der Waals surface area contributed by atoms with Gasteiger partial charge in [0.2, 0.25) is 5.95 Å². The van der Waals surface area contributed by atoms with E-state index in [-0.39, 0.29) is 6.54 Å². The quantitative estimate of drug-likeness (QED) is 0.704. The highest BCUT2D eigenvalue weighted by Gasteiger charge is 2.25. The third-order valence-electron chi connectivity index (χ3n) is 3.52. The maximum absolute atomic E-state index is 12.2. The van der Waals surface area contributed by atoms with E-state index in [4.69, 9.17) is 0 Å². The zero-order chi connectivity index (χ0) is 18.6. The van der Waals surface area contributed by atoms with Crippen molar-refractivity contribution in [3.63, 3.8) is 0 Å². The summed E-state index contributed by atoms with van der Waals surface area (Å²) in [5, 5.41) is 9.50. The lowest BCUT2D eigenvalue weighted by Gasteiger charge is -2.09. The second kappa shape index (κ2) is 7.52. The Balaban J connectivity index is 1.66. The van der Waals surface area contributed by atoms with E-state index in [9.17, 15) is 13.2 Å². The molecule has 1 aromatic carbocycles. The van der Waals surface area contributed by atoms with Crippen LogP contribution in [0, 0.1) is 0 Å². The highest BCUT2D eigenvalue weighted by atomic mass is 19.4. The van der Waals surface area contributed by atoms with Crippen molar-refractivity contribution in [1.29, 1.82) is 0 Å². The summed E-state index contributed by atoms with van der Waals surface area (Å²) in [6.45, 7) is -0.860. The molecule has 0 spiro atoms. The molecule has 2 aromatic heterocycles. The van der Waals surface area contributed by atoms with Gasteiger partial charge in [0.25, 0.3) is 0 Å². The van der Waals surface area contributed by atoms with Gasteiger partial charge in [0.1, 0.15) is 0 Å². The number of benzene rings is 1. The monoisotopic (exact) mass is 362 g/mol. The zero-order valence-corrected chi connectivity index (χ0v) is 14.0. The van der Waals surface area contributed by atoms with Gasteiger partial charge >= 0.3 is 6.18 Å². The van der Waals surface area contributed by atoms with Crippen LogP contribution in [0.4, 0.5) is 24.8 Å². The molecular formula is C17H17F3N6. The number of aryl methyl sites for hydroxylation is 1. The number of hydrogen-bond acceptors (Lipinski definition) is 5. The predicted octanol–water partition coefficient (Wildman–Crippen LogP) is 3.27. The fourth-order valence-electron chi connectivity index (χ4n) is 2.34. The molecule has 0 aliphatic heterocycles. The number of nitrogens with zero attached hydrogens (tertiary/aromatic N) is 4. The van der Waals surface area contributed by atoms with Gasteiger partial charge in [-0.25, -0.2) is 9.97 Å². The van der Waals surface area contributed by atoms with Crippen LogP contribution in [0.3, 0.4) is 0 Å². The molecule has 0 saturated heterocycles. The number of anilines is 2. The van der Waals surface area contributed by atoms with E-state index < -0.39 is 12.7 Å². The van der Waals surface area contributed by atoms with Crippen LogP contribution in [0.15, 0.2) is 48.9 Å². The molecule has 0 fully saturated rings. The number of alkyl halides is 3. The Hall–Kier alpha value is -2.94. The summed E-state index contributed by atoms with van der Waals surface area (Å²) >= 11 is 0. The number of aromatic nitrogens is 4. The second-order valence-electron chi connectivity index (χ2n) is 5.71. The molecule has 3 aromatic rings. The minimum absolute atomic E-state index is 0.150. The first-order chi connectivity index (χ1) is 12.4. The first-order valence-electron chi connectivity index (χ1n) is 7.84. The third kappa shape index (κ3) is 5.03. The Bertz CT molecular complexity index is 857. The molecule has 2 N–H and O–H groups in total. The van der Waals surface area contributed by atoms with E-state index in [1.165, 1.54) is 0 Å². The van der Waals surface area contributed by atoms with E-state index in [1.54, 1.807) is 41.5 Å². The minimum Gasteiger partial charge on any atom is -0.321 e. The van der Waals surface area contributed by atoms with Crippen LogP contribution in [0.1, 0.15) is 5.56 Å². The normalized spacial score (nSPS) is 11.5. The van der Waals surface area contributed by atoms with Gasteiger partial charge in [-0.3, -0.25) is 4.68 Å². The summed E-state index contributed by atoms with van der Waals surface area (Å²) in [6, 6.07) is 8.96. The van der Waals surface area contributed by atoms with Crippen LogP contribution in [-0.4, -0.2) is 32.5 Å². The standard InChI is InChI=1S/C17H17F3N6/c1-26-10-14(9-23-26)24-16-22-7-6-15(25-16)13-4-2-12(3-5-13)8-21-11-17(18,19)20/h2-7,9-10,21H,8,11H2,1H3,(H,22,24,25). The van der Waals surface area contributed by atoms with E-state index >= 15 is 0 Å². The molecule has 0 amide bonds. The zero-order valence-electron chi connectivity index (χ0n) is 14.0. The first kappa shape index (κ1) is 17.9. The smallest absolute Gasteiger partial charge is 0.321 e. The average Bonchev–Trinajstić information content (AvgIpc) is 2.99. The van der Waals surface area contributed by atoms with Crippen molar-refractivity contribution in [3.05, 3.63) is 54.5 Å². The number of nitrogens with one attached hydrogen (secondary N) is 2. The van der Waals surface area contributed by atoms with Crippen LogP contribution in [0.5, 0.6) is 0 Å². The fourth-order valence-corrected chi connectivity index (χ4v) is 2.34. The highest BCUT2D eigenvalue weighted by molar-refractivity contribution is 5.61. The van der Waals surface area contributed by atoms with Crippen molar-refractivity contribution in [3.8, 4) is 11.3 Å². The van der Waals surface area contributed by atoms with Crippen molar-refractivity contribution in [2.75, 3.05) is 11.9 Å². The van der Waals surface area contributed by atoms with Crippen LogP contribution in [0.25, 0.3) is 11.3 Å². The largest absolute Gasteiger partial charge is 0.401 e. The van der Waals surface area contributed by atoms with Gasteiger partial charge in [-0.05, 0) is 11.6 Å². The van der Waals surface area contributed by atoms with Crippen molar-refractivity contribution in [1.82, 2.24) is 25.1 Å². The SMILES string of the molecule is Cn1cc(Nc2nccc(-c3ccc(CNCC(F)(F)F)cc3)n2)cn1. The molecule has 6 nitrogen and oxygen atoms in total. The number of hydrogen-bond donors (Lipinski definition) is 2. The van der Waals surface area contributed by atoms with E-state index in [2.05, 4.69) is 25.7 Å². The van der Waals surface area contributed by atoms with Crippen molar-refractivity contribution < 1.29 is 13.2 Å². The maximum Gasteiger partial charge on any atom is 0.401 e. The molecule has 0 aliphatic rings. The molecule has 9 heteroatoms. The lowest BCUT2D eigenvalue weighted by atomic mass is 10.1. The summed E-state index contributed by atoms with van der Waals surface area (Å²) in [4.78, 5) is 8.62. The third-order valence-corrected chi connectivity index (χ3v) is 3.52. The fraction of sp³-hybridized carbons (Fsp3) is 0.235. The van der Waals surface area contributed by atoms with Crippen LogP contribution in [0.2, 0.25) is 0 Å². The van der Waals surface area contributed by atoms with E-state index in [1.807, 2.05) is 19.2 Å². The van der Waals surface area contributed by atoms with Gasteiger partial charge in [0.15, 0.2) is 0 Å². The second-order valence-corrected chi connectivity index (χ2v) is 5.71. The number of halogens is 3. The Morgan fingerprint density at radius 2 is 1.88 bits per heavy atom. The van der Waals surface area contributed by atoms with Gasteiger partial charge in [-0.2, -0.15) is 18.3 Å². The summed E-state index contributed by atoms with van der Waals surface area (Å²) in [5.74, 6) is 0.437. The Morgan fingerprint density at radius 1 is 1.12 bits per heavy atom. The molecular weight excluding hydrogens is 345 g/mol. The van der Waals surface area contributed by atoms with Gasteiger partial charge in [-0.1, -0.05) is 24.3 Å². The Labute approximate surface area is 148 Å². The Kier molecular flexibility index (Phi) is 5.17. The molecule has 0 bridgehead atoms. The van der Waals surface area contributed by atoms with E-state index in [0.717, 1.165) is 16.8 Å². The van der Waals surface area contributed by atoms with Crippen molar-refractivity contribution in [2.45, 2.75) is 12.7 Å². The highest BCUT2D eigenvalue weighted by Crippen LogP contribution is 2.20. The maximum atomic E-state index is 12.2. The van der Waals surface area contributed by atoms with Crippen LogP contribution in [-0.2, 0) is 13.6 Å². The molecule has 26 heavy (non-hydrogen) atoms. The van der Waals surface area contributed by atoms with Crippen LogP contribution < -0.4 is 10.6 Å². The van der Waals surface area contributed by atoms with Gasteiger partial charge in [0.05, 0.1) is 24.1 Å². The topological polar surface area (TPSA) is 67.7 Å². The average molecular weight is 362 g/mol. The molecule has 3 rings (SSSR count). The molecule has 136 valence electrons. The van der Waals surface area contributed by atoms with Gasteiger partial charge in [0, 0.05) is 31.5 Å². The van der Waals surface area contributed by atoms with Crippen molar-refractivity contribution in [2.24, 2.45) is 7.05 Å².